The van der Waals surface area contributed by atoms with Crippen molar-refractivity contribution in [1.29, 1.82) is 0 Å². The SMILES string of the molecule is CN(C)C(=O)c1cnn(-c2ccc([N+](=O)[O-])cc2)c1C(F)(F)F. The minimum absolute atomic E-state index is 0.0410. The average molecular weight is 328 g/mol. The molecule has 0 fully saturated rings. The fourth-order valence-corrected chi connectivity index (χ4v) is 1.93. The molecule has 0 bridgehead atoms. The van der Waals surface area contributed by atoms with Gasteiger partial charge in [0.25, 0.3) is 11.6 Å². The Labute approximate surface area is 128 Å². The number of hydrogen-bond donors (Lipinski definition) is 0. The van der Waals surface area contributed by atoms with Crippen LogP contribution in [0.25, 0.3) is 5.69 Å². The van der Waals surface area contributed by atoms with Crippen LogP contribution in [-0.2, 0) is 6.18 Å². The van der Waals surface area contributed by atoms with Gasteiger partial charge in [0, 0.05) is 26.2 Å². The van der Waals surface area contributed by atoms with Gasteiger partial charge >= 0.3 is 6.18 Å². The Balaban J connectivity index is 2.59. The van der Waals surface area contributed by atoms with Crippen molar-refractivity contribution in [3.8, 4) is 5.69 Å². The van der Waals surface area contributed by atoms with E-state index < -0.39 is 28.3 Å². The number of rotatable bonds is 3. The number of nitro benzene ring substituents is 1. The van der Waals surface area contributed by atoms with Crippen LogP contribution < -0.4 is 0 Å². The van der Waals surface area contributed by atoms with Crippen molar-refractivity contribution in [2.45, 2.75) is 6.18 Å². The molecule has 1 heterocycles. The maximum Gasteiger partial charge on any atom is 0.434 e. The van der Waals surface area contributed by atoms with E-state index in [4.69, 9.17) is 0 Å². The second-order valence-corrected chi connectivity index (χ2v) is 4.79. The Morgan fingerprint density at radius 3 is 2.26 bits per heavy atom. The lowest BCUT2D eigenvalue weighted by Gasteiger charge is -2.14. The Hall–Kier alpha value is -2.91. The molecule has 1 aromatic heterocycles. The fourth-order valence-electron chi connectivity index (χ4n) is 1.93. The smallest absolute Gasteiger partial charge is 0.345 e. The minimum atomic E-state index is -4.82. The van der Waals surface area contributed by atoms with E-state index >= 15 is 0 Å². The first-order chi connectivity index (χ1) is 10.6. The van der Waals surface area contributed by atoms with Crippen molar-refractivity contribution >= 4 is 11.6 Å². The van der Waals surface area contributed by atoms with Crippen molar-refractivity contribution < 1.29 is 22.9 Å². The van der Waals surface area contributed by atoms with E-state index in [2.05, 4.69) is 5.10 Å². The van der Waals surface area contributed by atoms with Crippen LogP contribution in [0.5, 0.6) is 0 Å². The van der Waals surface area contributed by atoms with Crippen molar-refractivity contribution in [2.24, 2.45) is 0 Å². The number of halogens is 3. The van der Waals surface area contributed by atoms with Crippen molar-refractivity contribution in [2.75, 3.05) is 14.1 Å². The summed E-state index contributed by atoms with van der Waals surface area (Å²) >= 11 is 0. The van der Waals surface area contributed by atoms with Gasteiger partial charge in [-0.05, 0) is 12.1 Å². The predicted molar refractivity (Wildman–Crippen MR) is 73.2 cm³/mol. The summed E-state index contributed by atoms with van der Waals surface area (Å²) in [5.74, 6) is -0.842. The third-order valence-corrected chi connectivity index (χ3v) is 2.98. The maximum atomic E-state index is 13.3. The lowest BCUT2D eigenvalue weighted by molar-refractivity contribution is -0.384. The molecule has 0 saturated carbocycles. The highest BCUT2D eigenvalue weighted by molar-refractivity contribution is 5.95. The Bertz CT molecular complexity index is 751. The predicted octanol–water partition coefficient (Wildman–Crippen LogP) is 2.50. The van der Waals surface area contributed by atoms with Crippen LogP contribution in [0.1, 0.15) is 16.1 Å². The zero-order chi connectivity index (χ0) is 17.4. The standard InChI is InChI=1S/C13H11F3N4O3/c1-18(2)12(21)10-7-17-19(11(10)13(14,15)16)8-3-5-9(6-4-8)20(22)23/h3-7H,1-2H3. The largest absolute Gasteiger partial charge is 0.434 e. The summed E-state index contributed by atoms with van der Waals surface area (Å²) in [4.78, 5) is 22.8. The van der Waals surface area contributed by atoms with Gasteiger partial charge in [0.15, 0.2) is 5.69 Å². The van der Waals surface area contributed by atoms with Crippen molar-refractivity contribution in [3.05, 3.63) is 51.8 Å². The van der Waals surface area contributed by atoms with Crippen LogP contribution in [0.3, 0.4) is 0 Å². The molecule has 7 nitrogen and oxygen atoms in total. The van der Waals surface area contributed by atoms with Gasteiger partial charge in [-0.15, -0.1) is 0 Å². The molecule has 0 spiro atoms. The molecule has 23 heavy (non-hydrogen) atoms. The molecule has 1 aromatic carbocycles. The van der Waals surface area contributed by atoms with Crippen LogP contribution in [0.4, 0.5) is 18.9 Å². The van der Waals surface area contributed by atoms with Crippen LogP contribution in [0.2, 0.25) is 0 Å². The second-order valence-electron chi connectivity index (χ2n) is 4.79. The Morgan fingerprint density at radius 1 is 1.26 bits per heavy atom. The summed E-state index contributed by atoms with van der Waals surface area (Å²) in [5.41, 5.74) is -2.13. The van der Waals surface area contributed by atoms with Gasteiger partial charge in [-0.25, -0.2) is 4.68 Å². The molecule has 1 amide bonds. The minimum Gasteiger partial charge on any atom is -0.345 e. The van der Waals surface area contributed by atoms with Gasteiger partial charge < -0.3 is 4.90 Å². The molecule has 0 radical (unpaired) electrons. The highest BCUT2D eigenvalue weighted by Gasteiger charge is 2.40. The molecule has 0 unspecified atom stereocenters. The summed E-state index contributed by atoms with van der Waals surface area (Å²) in [5, 5.41) is 14.2. The zero-order valence-corrected chi connectivity index (χ0v) is 12.0. The van der Waals surface area contributed by atoms with Crippen LogP contribution >= 0.6 is 0 Å². The maximum absolute atomic E-state index is 13.3. The van der Waals surface area contributed by atoms with E-state index in [1.165, 1.54) is 14.1 Å². The van der Waals surface area contributed by atoms with E-state index in [0.717, 1.165) is 35.4 Å². The van der Waals surface area contributed by atoms with Crippen molar-refractivity contribution in [1.82, 2.24) is 14.7 Å². The molecule has 0 saturated heterocycles. The number of nitrogens with zero attached hydrogens (tertiary/aromatic N) is 4. The molecule has 122 valence electrons. The molecular weight excluding hydrogens is 317 g/mol. The highest BCUT2D eigenvalue weighted by Crippen LogP contribution is 2.34. The number of carbonyl (C=O) groups is 1. The number of carbonyl (C=O) groups excluding carboxylic acids is 1. The molecule has 2 rings (SSSR count). The van der Waals surface area contributed by atoms with Crippen LogP contribution in [-0.4, -0.2) is 39.6 Å². The normalized spacial score (nSPS) is 11.3. The first kappa shape index (κ1) is 16.5. The molecule has 0 N–H and O–H groups in total. The van der Waals surface area contributed by atoms with E-state index in [0.29, 0.717) is 4.68 Å². The van der Waals surface area contributed by atoms with E-state index in [1.807, 2.05) is 0 Å². The number of alkyl halides is 3. The van der Waals surface area contributed by atoms with E-state index in [9.17, 15) is 28.1 Å². The lowest BCUT2D eigenvalue weighted by atomic mass is 10.2. The number of benzene rings is 1. The van der Waals surface area contributed by atoms with Crippen LogP contribution in [0.15, 0.2) is 30.5 Å². The molecule has 2 aromatic rings. The van der Waals surface area contributed by atoms with Gasteiger partial charge in [0.1, 0.15) is 0 Å². The number of non-ortho nitro benzene ring substituents is 1. The van der Waals surface area contributed by atoms with Gasteiger partial charge in [0.05, 0.1) is 22.4 Å². The van der Waals surface area contributed by atoms with E-state index in [1.54, 1.807) is 0 Å². The molecule has 0 aliphatic heterocycles. The molecule has 0 atom stereocenters. The third kappa shape index (κ3) is 3.15. The molecule has 10 heteroatoms. The average Bonchev–Trinajstić information content (AvgIpc) is 2.91. The number of nitro groups is 1. The highest BCUT2D eigenvalue weighted by atomic mass is 19.4. The quantitative estimate of drug-likeness (QED) is 0.640. The number of amides is 1. The van der Waals surface area contributed by atoms with E-state index in [-0.39, 0.29) is 11.4 Å². The Kier molecular flexibility index (Phi) is 4.08. The summed E-state index contributed by atoms with van der Waals surface area (Å²) in [6.07, 6.45) is -3.99. The number of hydrogen-bond acceptors (Lipinski definition) is 4. The first-order valence-corrected chi connectivity index (χ1v) is 6.24. The second kappa shape index (κ2) is 5.71. The van der Waals surface area contributed by atoms with Gasteiger partial charge in [-0.1, -0.05) is 0 Å². The monoisotopic (exact) mass is 328 g/mol. The Morgan fingerprint density at radius 2 is 1.83 bits per heavy atom. The summed E-state index contributed by atoms with van der Waals surface area (Å²) < 4.78 is 40.5. The van der Waals surface area contributed by atoms with Gasteiger partial charge in [0.2, 0.25) is 0 Å². The first-order valence-electron chi connectivity index (χ1n) is 6.24. The third-order valence-electron chi connectivity index (χ3n) is 2.98. The molecule has 0 aliphatic rings. The van der Waals surface area contributed by atoms with Crippen molar-refractivity contribution in [3.63, 3.8) is 0 Å². The summed E-state index contributed by atoms with van der Waals surface area (Å²) in [6, 6.07) is 4.38. The van der Waals surface area contributed by atoms with Gasteiger partial charge in [-0.2, -0.15) is 18.3 Å². The summed E-state index contributed by atoms with van der Waals surface area (Å²) in [6.45, 7) is 0. The number of aromatic nitrogens is 2. The van der Waals surface area contributed by atoms with Gasteiger partial charge in [-0.3, -0.25) is 14.9 Å². The van der Waals surface area contributed by atoms with Crippen LogP contribution in [0, 0.1) is 10.1 Å². The zero-order valence-electron chi connectivity index (χ0n) is 12.0. The molecule has 0 aliphatic carbocycles. The lowest BCUT2D eigenvalue weighted by Crippen LogP contribution is -2.25. The molecular formula is C13H11F3N4O3. The fraction of sp³-hybridized carbons (Fsp3) is 0.231. The topological polar surface area (TPSA) is 81.3 Å². The summed E-state index contributed by atoms with van der Waals surface area (Å²) in [7, 11) is 2.65.